The third kappa shape index (κ3) is 2.47. The average Bonchev–Trinajstić information content (AvgIpc) is 3.47. The van der Waals surface area contributed by atoms with Gasteiger partial charge >= 0.3 is 0 Å². The Bertz CT molecular complexity index is 1540. The Kier molecular flexibility index (Phi) is 3.74. The second-order valence-corrected chi connectivity index (χ2v) is 8.81. The summed E-state index contributed by atoms with van der Waals surface area (Å²) in [4.78, 5) is 14.6. The molecule has 2 aliphatic heterocycles. The van der Waals surface area contributed by atoms with Gasteiger partial charge in [-0.15, -0.1) is 0 Å². The molecule has 0 spiro atoms. The van der Waals surface area contributed by atoms with E-state index in [1.165, 1.54) is 33.7 Å². The third-order valence-electron chi connectivity index (χ3n) is 6.94. The molecule has 5 heteroatoms. The zero-order chi connectivity index (χ0) is 22.1. The van der Waals surface area contributed by atoms with E-state index in [0.29, 0.717) is 0 Å². The first-order chi connectivity index (χ1) is 16.2. The van der Waals surface area contributed by atoms with E-state index in [9.17, 15) is 0 Å². The summed E-state index contributed by atoms with van der Waals surface area (Å²) >= 11 is 0. The molecule has 0 unspecified atom stereocenters. The summed E-state index contributed by atoms with van der Waals surface area (Å²) in [6, 6.07) is 27.7. The van der Waals surface area contributed by atoms with Gasteiger partial charge in [0.1, 0.15) is 12.0 Å². The summed E-state index contributed by atoms with van der Waals surface area (Å²) in [6.45, 7) is 4.46. The van der Waals surface area contributed by atoms with E-state index in [1.807, 2.05) is 12.3 Å². The van der Waals surface area contributed by atoms with Crippen molar-refractivity contribution < 1.29 is 0 Å². The van der Waals surface area contributed by atoms with Crippen LogP contribution in [0.15, 0.2) is 85.1 Å². The fourth-order valence-corrected chi connectivity index (χ4v) is 5.58. The van der Waals surface area contributed by atoms with E-state index in [-0.39, 0.29) is 6.17 Å². The summed E-state index contributed by atoms with van der Waals surface area (Å²) in [7, 11) is 0. The number of aromatic nitrogens is 3. The van der Waals surface area contributed by atoms with Crippen molar-refractivity contribution >= 4 is 33.9 Å². The lowest BCUT2D eigenvalue weighted by molar-refractivity contribution is 0.753. The number of para-hydroxylation sites is 3. The molecule has 0 saturated heterocycles. The van der Waals surface area contributed by atoms with Crippen LogP contribution < -0.4 is 9.80 Å². The summed E-state index contributed by atoms with van der Waals surface area (Å²) in [5, 5.41) is 0. The topological polar surface area (TPSA) is 37.2 Å². The highest BCUT2D eigenvalue weighted by Gasteiger charge is 2.39. The van der Waals surface area contributed by atoms with Gasteiger partial charge in [-0.3, -0.25) is 4.57 Å². The lowest BCUT2D eigenvalue weighted by Crippen LogP contribution is -2.36. The zero-order valence-electron chi connectivity index (χ0n) is 18.6. The van der Waals surface area contributed by atoms with Gasteiger partial charge in [-0.1, -0.05) is 36.4 Å². The van der Waals surface area contributed by atoms with Crippen LogP contribution in [0.4, 0.5) is 22.9 Å². The third-order valence-corrected chi connectivity index (χ3v) is 6.94. The molecule has 33 heavy (non-hydrogen) atoms. The number of hydrogen-bond acceptors (Lipinski definition) is 4. The fraction of sp³-hybridized carbons (Fsp3) is 0.143. The second-order valence-electron chi connectivity index (χ2n) is 8.81. The Balaban J connectivity index is 1.44. The first kappa shape index (κ1) is 18.5. The number of anilines is 4. The van der Waals surface area contributed by atoms with Crippen molar-refractivity contribution in [2.45, 2.75) is 26.4 Å². The Morgan fingerprint density at radius 2 is 1.64 bits per heavy atom. The second kappa shape index (κ2) is 6.69. The van der Waals surface area contributed by atoms with Gasteiger partial charge in [0.25, 0.3) is 0 Å². The van der Waals surface area contributed by atoms with E-state index in [1.54, 1.807) is 0 Å². The monoisotopic (exact) mass is 429 g/mol. The minimum absolute atomic E-state index is 0.0900. The molecule has 0 fully saturated rings. The van der Waals surface area contributed by atoms with Crippen molar-refractivity contribution in [2.75, 3.05) is 9.80 Å². The number of pyridine rings is 1. The quantitative estimate of drug-likeness (QED) is 0.325. The molecular weight excluding hydrogens is 406 g/mol. The molecule has 0 bridgehead atoms. The average molecular weight is 430 g/mol. The van der Waals surface area contributed by atoms with Crippen molar-refractivity contribution in [2.24, 2.45) is 0 Å². The summed E-state index contributed by atoms with van der Waals surface area (Å²) in [6.07, 6.45) is 2.80. The maximum Gasteiger partial charge on any atom is 0.158 e. The first-order valence-corrected chi connectivity index (χ1v) is 11.4. The highest BCUT2D eigenvalue weighted by molar-refractivity contribution is 5.89. The predicted molar refractivity (Wildman–Crippen MR) is 133 cm³/mol. The van der Waals surface area contributed by atoms with Crippen LogP contribution >= 0.6 is 0 Å². The van der Waals surface area contributed by atoms with Gasteiger partial charge in [0.2, 0.25) is 0 Å². The van der Waals surface area contributed by atoms with Crippen molar-refractivity contribution in [3.8, 4) is 5.69 Å². The van der Waals surface area contributed by atoms with Crippen LogP contribution in [0.2, 0.25) is 0 Å². The number of nitrogens with zero attached hydrogens (tertiary/aromatic N) is 5. The van der Waals surface area contributed by atoms with Crippen molar-refractivity contribution in [3.63, 3.8) is 0 Å². The molecule has 2 aliphatic rings. The smallest absolute Gasteiger partial charge is 0.158 e. The van der Waals surface area contributed by atoms with Gasteiger partial charge in [-0.05, 0) is 61.9 Å². The van der Waals surface area contributed by atoms with Crippen LogP contribution in [-0.4, -0.2) is 20.7 Å². The number of benzene rings is 3. The SMILES string of the molecule is Cc1ccc2c(c1N1c3ncccc3N(c3ccccc3)[C@@H]1C)Cc1nc3ccccc3n1-2. The van der Waals surface area contributed by atoms with Gasteiger partial charge in [0.15, 0.2) is 5.82 Å². The Hall–Kier alpha value is -4.12. The van der Waals surface area contributed by atoms with Crippen LogP contribution in [0.3, 0.4) is 0 Å². The van der Waals surface area contributed by atoms with E-state index >= 15 is 0 Å². The first-order valence-electron chi connectivity index (χ1n) is 11.4. The molecule has 4 heterocycles. The van der Waals surface area contributed by atoms with E-state index in [0.717, 1.165) is 29.3 Å². The van der Waals surface area contributed by atoms with E-state index < -0.39 is 0 Å². The molecule has 0 amide bonds. The van der Waals surface area contributed by atoms with E-state index in [2.05, 4.69) is 101 Å². The zero-order valence-corrected chi connectivity index (χ0v) is 18.6. The number of aryl methyl sites for hydroxylation is 1. The Morgan fingerprint density at radius 1 is 0.818 bits per heavy atom. The van der Waals surface area contributed by atoms with Gasteiger partial charge in [0.05, 0.1) is 28.1 Å². The van der Waals surface area contributed by atoms with E-state index in [4.69, 9.17) is 9.97 Å². The summed E-state index contributed by atoms with van der Waals surface area (Å²) in [5.74, 6) is 2.10. The maximum absolute atomic E-state index is 4.95. The number of fused-ring (bicyclic) bond motifs is 6. The summed E-state index contributed by atoms with van der Waals surface area (Å²) in [5.41, 5.74) is 9.57. The van der Waals surface area contributed by atoms with Crippen LogP contribution in [0.1, 0.15) is 23.9 Å². The van der Waals surface area contributed by atoms with Crippen LogP contribution in [-0.2, 0) is 6.42 Å². The van der Waals surface area contributed by atoms with Gasteiger partial charge < -0.3 is 9.80 Å². The maximum atomic E-state index is 4.95. The lowest BCUT2D eigenvalue weighted by Gasteiger charge is -2.32. The minimum atomic E-state index is 0.0900. The normalized spacial score (nSPS) is 16.2. The van der Waals surface area contributed by atoms with Crippen molar-refractivity contribution in [1.82, 2.24) is 14.5 Å². The molecule has 5 nitrogen and oxygen atoms in total. The summed E-state index contributed by atoms with van der Waals surface area (Å²) < 4.78 is 2.32. The molecule has 1 atom stereocenters. The molecule has 7 rings (SSSR count). The number of hydrogen-bond donors (Lipinski definition) is 0. The predicted octanol–water partition coefficient (Wildman–Crippen LogP) is 6.27. The highest BCUT2D eigenvalue weighted by Crippen LogP contribution is 2.50. The number of imidazole rings is 1. The lowest BCUT2D eigenvalue weighted by atomic mass is 10.0. The van der Waals surface area contributed by atoms with Gasteiger partial charge in [0, 0.05) is 23.9 Å². The molecule has 0 radical (unpaired) electrons. The Morgan fingerprint density at radius 3 is 2.52 bits per heavy atom. The fourth-order valence-electron chi connectivity index (χ4n) is 5.58. The minimum Gasteiger partial charge on any atom is -0.317 e. The van der Waals surface area contributed by atoms with Crippen molar-refractivity contribution in [1.29, 1.82) is 0 Å². The van der Waals surface area contributed by atoms with Crippen LogP contribution in [0.5, 0.6) is 0 Å². The molecule has 3 aromatic carbocycles. The number of rotatable bonds is 2. The van der Waals surface area contributed by atoms with Gasteiger partial charge in [-0.2, -0.15) is 0 Å². The van der Waals surface area contributed by atoms with Crippen LogP contribution in [0, 0.1) is 6.92 Å². The molecule has 0 saturated carbocycles. The highest BCUT2D eigenvalue weighted by atomic mass is 15.4. The molecule has 5 aromatic rings. The molecule has 0 N–H and O–H groups in total. The molecular formula is C28H23N5. The van der Waals surface area contributed by atoms with Crippen LogP contribution in [0.25, 0.3) is 16.7 Å². The molecule has 0 aliphatic carbocycles. The molecule has 160 valence electrons. The Labute approximate surface area is 192 Å². The molecule has 2 aromatic heterocycles. The van der Waals surface area contributed by atoms with Gasteiger partial charge in [-0.25, -0.2) is 9.97 Å². The largest absolute Gasteiger partial charge is 0.317 e. The standard InChI is InChI=1S/C28H23N5/c1-18-14-15-23-21(17-26-30-22-11-6-7-12-24(22)33(23)26)27(18)32-19(2)31(20-9-4-3-5-10-20)25-13-8-16-29-28(25)32/h3-16,19H,17H2,1-2H3/t19-/m0/s1. The van der Waals surface area contributed by atoms with Crippen molar-refractivity contribution in [3.05, 3.63) is 102 Å².